The Kier molecular flexibility index (Phi) is 4.15. The van der Waals surface area contributed by atoms with Crippen LogP contribution in [0.2, 0.25) is 0 Å². The Hall–Kier alpha value is -0.970. The van der Waals surface area contributed by atoms with Gasteiger partial charge in [0, 0.05) is 5.92 Å². The van der Waals surface area contributed by atoms with Crippen LogP contribution in [0.1, 0.15) is 32.1 Å². The molecule has 4 fully saturated rings. The van der Waals surface area contributed by atoms with Crippen molar-refractivity contribution >= 4 is 16.6 Å². The first-order valence-corrected chi connectivity index (χ1v) is 9.32. The molecule has 0 saturated heterocycles. The highest BCUT2D eigenvalue weighted by Gasteiger charge is 2.82. The summed E-state index contributed by atoms with van der Waals surface area (Å²) in [4.78, 5) is 10.7. The van der Waals surface area contributed by atoms with Crippen molar-refractivity contribution in [3.05, 3.63) is 0 Å². The molecule has 1 unspecified atom stereocenters. The van der Waals surface area contributed by atoms with Gasteiger partial charge in [-0.1, -0.05) is 0 Å². The molecule has 1 N–H and O–H groups in total. The third-order valence-corrected chi connectivity index (χ3v) is 7.06. The van der Waals surface area contributed by atoms with Crippen LogP contribution in [0, 0.1) is 29.6 Å². The Bertz CT molecular complexity index is 633. The van der Waals surface area contributed by atoms with Gasteiger partial charge in [-0.15, -0.1) is 0 Å². The van der Waals surface area contributed by atoms with Gasteiger partial charge in [-0.2, -0.15) is 30.4 Å². The number of hydrogen-bond acceptors (Lipinski definition) is 4. The van der Waals surface area contributed by atoms with Gasteiger partial charge in [0.25, 0.3) is 12.1 Å². The van der Waals surface area contributed by atoms with Gasteiger partial charge in [0.05, 0.1) is 0 Å². The molecule has 0 aromatic carbocycles. The minimum absolute atomic E-state index is 0.111. The zero-order chi connectivity index (χ0) is 18.8. The minimum Gasteiger partial charge on any atom is -0.443 e. The fraction of sp³-hybridized carbons (Fsp3) is 0.929. The van der Waals surface area contributed by atoms with Gasteiger partial charge in [-0.25, -0.2) is 0 Å². The van der Waals surface area contributed by atoms with Crippen molar-refractivity contribution in [3.8, 4) is 0 Å². The first kappa shape index (κ1) is 18.8. The molecule has 0 amide bonds. The highest BCUT2D eigenvalue weighted by atomic mass is 32.2. The molecule has 0 aromatic rings. The molecule has 25 heavy (non-hydrogen) atoms. The van der Waals surface area contributed by atoms with E-state index in [9.17, 15) is 35.2 Å². The largest absolute Gasteiger partial charge is 0.443 e. The number of alkyl halides is 5. The molecule has 0 heterocycles. The summed E-state index contributed by atoms with van der Waals surface area (Å²) in [6, 6.07) is 0. The van der Waals surface area contributed by atoms with Crippen molar-refractivity contribution in [1.29, 1.82) is 0 Å². The number of carbonyl (C=O) groups is 1. The summed E-state index contributed by atoms with van der Waals surface area (Å²) in [5, 5.41) is -5.71. The van der Waals surface area contributed by atoms with E-state index in [0.717, 1.165) is 6.42 Å². The van der Waals surface area contributed by atoms with Gasteiger partial charge in [0.2, 0.25) is 0 Å². The molecule has 4 aliphatic rings. The third kappa shape index (κ3) is 2.48. The molecular formula is C14H17F5O5S. The van der Waals surface area contributed by atoms with Crippen LogP contribution in [-0.2, 0) is 19.6 Å². The van der Waals surface area contributed by atoms with Crippen LogP contribution >= 0.6 is 0 Å². The van der Waals surface area contributed by atoms with Gasteiger partial charge in [-0.3, -0.25) is 9.35 Å². The summed E-state index contributed by atoms with van der Waals surface area (Å²) in [6.07, 6.45) is -4.06. The first-order chi connectivity index (χ1) is 11.3. The average Bonchev–Trinajstić information content (AvgIpc) is 2.42. The summed E-state index contributed by atoms with van der Waals surface area (Å²) in [7, 11) is -6.49. The van der Waals surface area contributed by atoms with Crippen molar-refractivity contribution in [3.63, 3.8) is 0 Å². The summed E-state index contributed by atoms with van der Waals surface area (Å²) in [6.45, 7) is -0.808. The quantitative estimate of drug-likeness (QED) is 0.442. The highest BCUT2D eigenvalue weighted by molar-refractivity contribution is 7.87. The Balaban J connectivity index is 2.20. The van der Waals surface area contributed by atoms with Gasteiger partial charge in [-0.05, 0) is 55.8 Å². The fourth-order valence-electron chi connectivity index (χ4n) is 5.62. The lowest BCUT2D eigenvalue weighted by atomic mass is 9.48. The summed E-state index contributed by atoms with van der Waals surface area (Å²) in [5.74, 6) is -3.38. The molecule has 4 saturated carbocycles. The maximum atomic E-state index is 14.5. The molecule has 0 spiro atoms. The minimum atomic E-state index is -6.49. The lowest BCUT2D eigenvalue weighted by Gasteiger charge is -2.59. The molecule has 0 radical (unpaired) electrons. The monoisotopic (exact) mass is 392 g/mol. The van der Waals surface area contributed by atoms with Crippen LogP contribution in [0.4, 0.5) is 22.0 Å². The molecule has 4 bridgehead atoms. The van der Waals surface area contributed by atoms with Crippen LogP contribution in [0.15, 0.2) is 0 Å². The molecular weight excluding hydrogens is 375 g/mol. The van der Waals surface area contributed by atoms with Gasteiger partial charge in [0.1, 0.15) is 0 Å². The number of rotatable bonds is 5. The second kappa shape index (κ2) is 5.51. The van der Waals surface area contributed by atoms with E-state index >= 15 is 0 Å². The fourth-order valence-corrected chi connectivity index (χ4v) is 6.30. The number of halogens is 5. The molecule has 0 aliphatic heterocycles. The standard InChI is InChI=1S/C14H17F5O5S/c15-13(16,17)12(24-6-20,14(18,19)25(21,22)23)11-9-2-7-1-8(4-9)5-10(11)3-7/h6-11H,1-5H2,(H,21,22,23). The Morgan fingerprint density at radius 1 is 0.920 bits per heavy atom. The summed E-state index contributed by atoms with van der Waals surface area (Å²) >= 11 is 0. The third-order valence-electron chi connectivity index (χ3n) is 6.11. The smallest absolute Gasteiger partial charge is 0.436 e. The zero-order valence-electron chi connectivity index (χ0n) is 12.9. The van der Waals surface area contributed by atoms with Crippen molar-refractivity contribution in [2.45, 2.75) is 49.1 Å². The number of carbonyl (C=O) groups excluding carboxylic acids is 1. The predicted octanol–water partition coefficient (Wildman–Crippen LogP) is 3.01. The average molecular weight is 392 g/mol. The molecule has 144 valence electrons. The maximum absolute atomic E-state index is 14.5. The highest BCUT2D eigenvalue weighted by Crippen LogP contribution is 2.65. The normalized spacial score (nSPS) is 37.6. The first-order valence-electron chi connectivity index (χ1n) is 7.88. The van der Waals surface area contributed by atoms with E-state index in [1.165, 1.54) is 0 Å². The van der Waals surface area contributed by atoms with Crippen LogP contribution in [0.25, 0.3) is 0 Å². The maximum Gasteiger partial charge on any atom is 0.436 e. The lowest BCUT2D eigenvalue weighted by Crippen LogP contribution is -2.71. The van der Waals surface area contributed by atoms with Gasteiger partial charge < -0.3 is 4.74 Å². The number of ether oxygens (including phenoxy) is 1. The van der Waals surface area contributed by atoms with Crippen molar-refractivity contribution in [1.82, 2.24) is 0 Å². The summed E-state index contributed by atoms with van der Waals surface area (Å²) in [5.41, 5.74) is -4.60. The van der Waals surface area contributed by atoms with Crippen LogP contribution in [0.3, 0.4) is 0 Å². The molecule has 4 rings (SSSR count). The van der Waals surface area contributed by atoms with Gasteiger partial charge >= 0.3 is 21.5 Å². The van der Waals surface area contributed by atoms with E-state index in [4.69, 9.17) is 4.55 Å². The van der Waals surface area contributed by atoms with Crippen molar-refractivity contribution in [2.24, 2.45) is 29.6 Å². The van der Waals surface area contributed by atoms with Crippen molar-refractivity contribution < 1.29 is 44.5 Å². The Morgan fingerprint density at radius 3 is 1.68 bits per heavy atom. The van der Waals surface area contributed by atoms with E-state index in [1.54, 1.807) is 0 Å². The predicted molar refractivity (Wildman–Crippen MR) is 73.0 cm³/mol. The summed E-state index contributed by atoms with van der Waals surface area (Å²) < 4.78 is 106. The van der Waals surface area contributed by atoms with E-state index in [2.05, 4.69) is 4.74 Å². The second-order valence-corrected chi connectivity index (χ2v) is 8.86. The molecule has 1 atom stereocenters. The molecule has 11 heteroatoms. The SMILES string of the molecule is O=COC(C1C2CC3CC(C2)CC1C3)(C(F)(F)F)C(F)(F)S(=O)(=O)O. The number of hydrogen-bond donors (Lipinski definition) is 1. The van der Waals surface area contributed by atoms with Crippen LogP contribution < -0.4 is 0 Å². The van der Waals surface area contributed by atoms with E-state index in [0.29, 0.717) is 0 Å². The van der Waals surface area contributed by atoms with E-state index < -0.39 is 51.4 Å². The van der Waals surface area contributed by atoms with Crippen LogP contribution in [-0.4, -0.2) is 36.5 Å². The molecule has 5 nitrogen and oxygen atoms in total. The topological polar surface area (TPSA) is 80.7 Å². The lowest BCUT2D eigenvalue weighted by molar-refractivity contribution is -0.350. The molecule has 4 aliphatic carbocycles. The van der Waals surface area contributed by atoms with E-state index in [-0.39, 0.29) is 37.5 Å². The zero-order valence-corrected chi connectivity index (χ0v) is 13.7. The van der Waals surface area contributed by atoms with Crippen molar-refractivity contribution in [2.75, 3.05) is 0 Å². The second-order valence-electron chi connectivity index (χ2n) is 7.40. The molecule has 0 aromatic heterocycles. The van der Waals surface area contributed by atoms with Crippen LogP contribution in [0.5, 0.6) is 0 Å². The Labute approximate surface area is 140 Å². The Morgan fingerprint density at radius 2 is 1.36 bits per heavy atom. The van der Waals surface area contributed by atoms with E-state index in [1.807, 2.05) is 0 Å². The van der Waals surface area contributed by atoms with Gasteiger partial charge in [0.15, 0.2) is 0 Å².